The fourth-order valence-corrected chi connectivity index (χ4v) is 3.13. The van der Waals surface area contributed by atoms with Crippen molar-refractivity contribution in [3.63, 3.8) is 0 Å². The van der Waals surface area contributed by atoms with Crippen LogP contribution in [0.1, 0.15) is 28.8 Å². The van der Waals surface area contributed by atoms with Crippen molar-refractivity contribution >= 4 is 28.6 Å². The number of carbonyl (C=O) groups excluding carboxylic acids is 1. The molecule has 2 N–H and O–H groups in total. The molecule has 2 rings (SSSR count). The number of benzene rings is 1. The third-order valence-corrected chi connectivity index (χ3v) is 4.57. The van der Waals surface area contributed by atoms with E-state index in [9.17, 15) is 4.79 Å². The Bertz CT molecular complexity index is 646. The van der Waals surface area contributed by atoms with Crippen LogP contribution in [0.5, 0.6) is 0 Å². The van der Waals surface area contributed by atoms with Gasteiger partial charge < -0.3 is 10.3 Å². The van der Waals surface area contributed by atoms with Gasteiger partial charge in [-0.3, -0.25) is 4.79 Å². The maximum atomic E-state index is 12.1. The summed E-state index contributed by atoms with van der Waals surface area (Å²) in [5, 5.41) is 4.23. The lowest BCUT2D eigenvalue weighted by Crippen LogP contribution is -2.26. The Morgan fingerprint density at radius 1 is 1.24 bits per heavy atom. The molecular formula is C17H24N2OS. The highest BCUT2D eigenvalue weighted by molar-refractivity contribution is 7.98. The average Bonchev–Trinajstić information content (AvgIpc) is 2.78. The quantitative estimate of drug-likeness (QED) is 0.802. The van der Waals surface area contributed by atoms with Crippen LogP contribution in [0.3, 0.4) is 0 Å². The summed E-state index contributed by atoms with van der Waals surface area (Å²) in [7, 11) is 0. The molecule has 0 radical (unpaired) electrons. The van der Waals surface area contributed by atoms with Crippen LogP contribution in [-0.2, 0) is 11.2 Å². The van der Waals surface area contributed by atoms with Crippen molar-refractivity contribution in [2.75, 3.05) is 18.6 Å². The smallest absolute Gasteiger partial charge is 0.224 e. The van der Waals surface area contributed by atoms with E-state index in [4.69, 9.17) is 0 Å². The molecule has 0 atom stereocenters. The van der Waals surface area contributed by atoms with Gasteiger partial charge in [0.15, 0.2) is 0 Å². The minimum atomic E-state index is 0.112. The summed E-state index contributed by atoms with van der Waals surface area (Å²) in [4.78, 5) is 15.6. The first-order valence-electron chi connectivity index (χ1n) is 7.37. The van der Waals surface area contributed by atoms with Crippen LogP contribution < -0.4 is 5.32 Å². The molecule has 1 amide bonds. The molecule has 21 heavy (non-hydrogen) atoms. The van der Waals surface area contributed by atoms with E-state index < -0.39 is 0 Å². The third-order valence-electron chi connectivity index (χ3n) is 3.87. The number of rotatable bonds is 6. The van der Waals surface area contributed by atoms with Crippen molar-refractivity contribution in [3.05, 3.63) is 34.5 Å². The molecule has 1 aromatic heterocycles. The molecule has 3 nitrogen and oxygen atoms in total. The van der Waals surface area contributed by atoms with E-state index in [1.807, 2.05) is 11.8 Å². The highest BCUT2D eigenvalue weighted by atomic mass is 32.2. The van der Waals surface area contributed by atoms with Gasteiger partial charge in [0.05, 0.1) is 6.42 Å². The van der Waals surface area contributed by atoms with Gasteiger partial charge in [-0.2, -0.15) is 11.8 Å². The number of carbonyl (C=O) groups is 1. The van der Waals surface area contributed by atoms with Crippen molar-refractivity contribution in [2.45, 2.75) is 33.6 Å². The first-order valence-corrected chi connectivity index (χ1v) is 8.77. The summed E-state index contributed by atoms with van der Waals surface area (Å²) in [6, 6.07) is 4.25. The van der Waals surface area contributed by atoms with E-state index >= 15 is 0 Å². The Balaban J connectivity index is 2.17. The van der Waals surface area contributed by atoms with Crippen LogP contribution in [0.25, 0.3) is 10.9 Å². The third kappa shape index (κ3) is 3.62. The number of thioether (sulfide) groups is 1. The average molecular weight is 304 g/mol. The Labute approximate surface area is 130 Å². The first kappa shape index (κ1) is 16.0. The van der Waals surface area contributed by atoms with Gasteiger partial charge in [0.1, 0.15) is 0 Å². The lowest BCUT2D eigenvalue weighted by atomic mass is 10.0. The first-order chi connectivity index (χ1) is 10.0. The lowest BCUT2D eigenvalue weighted by molar-refractivity contribution is -0.120. The molecule has 0 saturated heterocycles. The molecule has 0 spiro atoms. The molecule has 0 bridgehead atoms. The molecule has 0 aliphatic carbocycles. The van der Waals surface area contributed by atoms with Crippen LogP contribution in [0.2, 0.25) is 0 Å². The predicted octanol–water partition coefficient (Wildman–Crippen LogP) is 3.50. The summed E-state index contributed by atoms with van der Waals surface area (Å²) in [6.07, 6.45) is 3.57. The monoisotopic (exact) mass is 304 g/mol. The van der Waals surface area contributed by atoms with Crippen LogP contribution in [0.15, 0.2) is 12.1 Å². The number of nitrogens with one attached hydrogen (secondary N) is 2. The highest BCUT2D eigenvalue weighted by Gasteiger charge is 2.15. The van der Waals surface area contributed by atoms with Crippen LogP contribution in [-0.4, -0.2) is 29.4 Å². The standard InChI is InChI=1S/C17H24N2OS/c1-11-6-7-12(2)17-16(11)14(13(3)19-17)10-15(20)18-8-5-9-21-4/h6-7,19H,5,8-10H2,1-4H3,(H,18,20). The van der Waals surface area contributed by atoms with E-state index in [-0.39, 0.29) is 5.91 Å². The molecule has 4 heteroatoms. The largest absolute Gasteiger partial charge is 0.358 e. The van der Waals surface area contributed by atoms with Crippen molar-refractivity contribution < 1.29 is 4.79 Å². The van der Waals surface area contributed by atoms with E-state index in [0.29, 0.717) is 6.42 Å². The van der Waals surface area contributed by atoms with Gasteiger partial charge in [-0.1, -0.05) is 12.1 Å². The fourth-order valence-electron chi connectivity index (χ4n) is 2.70. The normalized spacial score (nSPS) is 11.0. The van der Waals surface area contributed by atoms with Crippen molar-refractivity contribution in [1.82, 2.24) is 10.3 Å². The molecule has 1 aromatic carbocycles. The van der Waals surface area contributed by atoms with Gasteiger partial charge >= 0.3 is 0 Å². The zero-order valence-corrected chi connectivity index (χ0v) is 14.1. The number of hydrogen-bond donors (Lipinski definition) is 2. The van der Waals surface area contributed by atoms with Crippen LogP contribution in [0.4, 0.5) is 0 Å². The van der Waals surface area contributed by atoms with Crippen molar-refractivity contribution in [3.8, 4) is 0 Å². The Hall–Kier alpha value is -1.42. The molecule has 0 saturated carbocycles. The number of aromatic amines is 1. The van der Waals surface area contributed by atoms with Gasteiger partial charge in [0.2, 0.25) is 5.91 Å². The van der Waals surface area contributed by atoms with Crippen LogP contribution in [0, 0.1) is 20.8 Å². The second kappa shape index (κ2) is 7.03. The summed E-state index contributed by atoms with van der Waals surface area (Å²) < 4.78 is 0. The number of H-pyrrole nitrogens is 1. The Morgan fingerprint density at radius 3 is 2.67 bits per heavy atom. The summed E-state index contributed by atoms with van der Waals surface area (Å²) in [5.41, 5.74) is 5.85. The number of amides is 1. The van der Waals surface area contributed by atoms with E-state index in [2.05, 4.69) is 49.5 Å². The minimum Gasteiger partial charge on any atom is -0.358 e. The summed E-state index contributed by atoms with van der Waals surface area (Å²) in [5.74, 6) is 1.20. The fraction of sp³-hybridized carbons (Fsp3) is 0.471. The van der Waals surface area contributed by atoms with E-state index in [1.165, 1.54) is 16.5 Å². The molecule has 0 aliphatic rings. The van der Waals surface area contributed by atoms with Crippen molar-refractivity contribution in [1.29, 1.82) is 0 Å². The minimum absolute atomic E-state index is 0.112. The molecule has 0 unspecified atom stereocenters. The molecule has 0 fully saturated rings. The zero-order valence-electron chi connectivity index (χ0n) is 13.3. The predicted molar refractivity (Wildman–Crippen MR) is 92.2 cm³/mol. The van der Waals surface area contributed by atoms with Gasteiger partial charge in [0, 0.05) is 23.1 Å². The molecule has 114 valence electrons. The second-order valence-corrected chi connectivity index (χ2v) is 6.54. The summed E-state index contributed by atoms with van der Waals surface area (Å²) in [6.45, 7) is 7.02. The molecule has 2 aromatic rings. The maximum Gasteiger partial charge on any atom is 0.224 e. The summed E-state index contributed by atoms with van der Waals surface area (Å²) >= 11 is 1.81. The number of hydrogen-bond acceptors (Lipinski definition) is 2. The lowest BCUT2D eigenvalue weighted by Gasteiger charge is -2.06. The van der Waals surface area contributed by atoms with E-state index in [0.717, 1.165) is 35.5 Å². The topological polar surface area (TPSA) is 44.9 Å². The van der Waals surface area contributed by atoms with Gasteiger partial charge in [-0.15, -0.1) is 0 Å². The molecule has 1 heterocycles. The Morgan fingerprint density at radius 2 is 1.95 bits per heavy atom. The maximum absolute atomic E-state index is 12.1. The zero-order chi connectivity index (χ0) is 15.4. The van der Waals surface area contributed by atoms with Gasteiger partial charge in [-0.25, -0.2) is 0 Å². The molecular weight excluding hydrogens is 280 g/mol. The SMILES string of the molecule is CSCCCNC(=O)Cc1c(C)[nH]c2c(C)ccc(C)c12. The number of aryl methyl sites for hydroxylation is 3. The van der Waals surface area contributed by atoms with Gasteiger partial charge in [0.25, 0.3) is 0 Å². The number of fused-ring (bicyclic) bond motifs is 1. The number of aromatic nitrogens is 1. The van der Waals surface area contributed by atoms with Crippen molar-refractivity contribution in [2.24, 2.45) is 0 Å². The highest BCUT2D eigenvalue weighted by Crippen LogP contribution is 2.28. The van der Waals surface area contributed by atoms with Crippen LogP contribution >= 0.6 is 11.8 Å². The second-order valence-electron chi connectivity index (χ2n) is 5.55. The van der Waals surface area contributed by atoms with E-state index in [1.54, 1.807) is 0 Å². The van der Waals surface area contributed by atoms with Gasteiger partial charge in [-0.05, 0) is 55.9 Å². The Kier molecular flexibility index (Phi) is 5.34. The molecule has 0 aliphatic heterocycles.